The molecule has 0 radical (unpaired) electrons. The van der Waals surface area contributed by atoms with Crippen molar-refractivity contribution in [3.8, 4) is 5.75 Å². The molecule has 0 aliphatic heterocycles. The van der Waals surface area contributed by atoms with Crippen LogP contribution in [0.5, 0.6) is 5.75 Å². The highest BCUT2D eigenvalue weighted by atomic mass is 16.5. The van der Waals surface area contributed by atoms with E-state index in [2.05, 4.69) is 12.1 Å². The lowest BCUT2D eigenvalue weighted by Gasteiger charge is -2.16. The van der Waals surface area contributed by atoms with Gasteiger partial charge in [0.15, 0.2) is 0 Å². The van der Waals surface area contributed by atoms with E-state index in [1.54, 1.807) is 18.1 Å². The van der Waals surface area contributed by atoms with Crippen molar-refractivity contribution in [3.63, 3.8) is 0 Å². The van der Waals surface area contributed by atoms with Gasteiger partial charge in [-0.15, -0.1) is 0 Å². The second kappa shape index (κ2) is 6.44. The third-order valence-corrected chi connectivity index (χ3v) is 3.32. The van der Waals surface area contributed by atoms with Crippen molar-refractivity contribution in [2.75, 3.05) is 14.2 Å². The molecule has 2 aromatic rings. The monoisotopic (exact) mass is 283 g/mol. The molecule has 2 rings (SSSR count). The molecule has 21 heavy (non-hydrogen) atoms. The van der Waals surface area contributed by atoms with Gasteiger partial charge in [-0.05, 0) is 48.4 Å². The minimum absolute atomic E-state index is 0.0322. The van der Waals surface area contributed by atoms with Crippen LogP contribution >= 0.6 is 0 Å². The normalized spacial score (nSPS) is 10.3. The van der Waals surface area contributed by atoms with E-state index in [0.29, 0.717) is 6.54 Å². The standard InChI is InChI=1S/C18H21NO2/c1-13(2)9-18(20)19(3)12-14-5-6-16-11-17(21-4)8-7-15(16)10-14/h5-11H,12H2,1-4H3. The lowest BCUT2D eigenvalue weighted by Crippen LogP contribution is -2.24. The Morgan fingerprint density at radius 1 is 1.14 bits per heavy atom. The van der Waals surface area contributed by atoms with Crippen molar-refractivity contribution in [2.45, 2.75) is 20.4 Å². The first-order valence-corrected chi connectivity index (χ1v) is 6.96. The number of rotatable bonds is 4. The molecule has 0 unspecified atom stereocenters. The zero-order valence-corrected chi connectivity index (χ0v) is 13.0. The molecule has 0 spiro atoms. The molecule has 0 aliphatic rings. The van der Waals surface area contributed by atoms with E-state index in [4.69, 9.17) is 4.74 Å². The van der Waals surface area contributed by atoms with Gasteiger partial charge in [0.1, 0.15) is 5.75 Å². The lowest BCUT2D eigenvalue weighted by molar-refractivity contribution is -0.125. The zero-order chi connectivity index (χ0) is 15.4. The van der Waals surface area contributed by atoms with Crippen molar-refractivity contribution >= 4 is 16.7 Å². The van der Waals surface area contributed by atoms with Crippen molar-refractivity contribution in [2.24, 2.45) is 0 Å². The molecule has 110 valence electrons. The number of carbonyl (C=O) groups excluding carboxylic acids is 1. The molecule has 0 fully saturated rings. The summed E-state index contributed by atoms with van der Waals surface area (Å²) in [6.07, 6.45) is 1.66. The summed E-state index contributed by atoms with van der Waals surface area (Å²) in [6.45, 7) is 4.45. The minimum Gasteiger partial charge on any atom is -0.497 e. The second-order valence-electron chi connectivity index (χ2n) is 5.46. The molecular weight excluding hydrogens is 262 g/mol. The van der Waals surface area contributed by atoms with Crippen LogP contribution in [0.4, 0.5) is 0 Å². The summed E-state index contributed by atoms with van der Waals surface area (Å²) in [4.78, 5) is 13.7. The quantitative estimate of drug-likeness (QED) is 0.799. The fraction of sp³-hybridized carbons (Fsp3) is 0.278. The lowest BCUT2D eigenvalue weighted by atomic mass is 10.1. The molecule has 0 heterocycles. The van der Waals surface area contributed by atoms with Crippen LogP contribution in [0.1, 0.15) is 19.4 Å². The summed E-state index contributed by atoms with van der Waals surface area (Å²) in [7, 11) is 3.49. The first-order chi connectivity index (χ1) is 9.99. The van der Waals surface area contributed by atoms with E-state index < -0.39 is 0 Å². The van der Waals surface area contributed by atoms with E-state index in [0.717, 1.165) is 27.7 Å². The summed E-state index contributed by atoms with van der Waals surface area (Å²) in [5.41, 5.74) is 2.13. The van der Waals surface area contributed by atoms with Gasteiger partial charge in [0.25, 0.3) is 0 Å². The molecule has 0 saturated heterocycles. The number of hydrogen-bond donors (Lipinski definition) is 0. The van der Waals surface area contributed by atoms with Crippen molar-refractivity contribution in [3.05, 3.63) is 53.6 Å². The van der Waals surface area contributed by atoms with Crippen LogP contribution in [0.2, 0.25) is 0 Å². The Kier molecular flexibility index (Phi) is 4.63. The molecule has 2 aromatic carbocycles. The number of nitrogens with zero attached hydrogens (tertiary/aromatic N) is 1. The van der Waals surface area contributed by atoms with Gasteiger partial charge in [-0.2, -0.15) is 0 Å². The van der Waals surface area contributed by atoms with Gasteiger partial charge in [-0.3, -0.25) is 4.79 Å². The van der Waals surface area contributed by atoms with Crippen LogP contribution in [0.15, 0.2) is 48.0 Å². The van der Waals surface area contributed by atoms with Crippen molar-refractivity contribution in [1.82, 2.24) is 4.90 Å². The minimum atomic E-state index is 0.0322. The van der Waals surface area contributed by atoms with Crippen LogP contribution in [-0.2, 0) is 11.3 Å². The Labute approximate surface area is 125 Å². The van der Waals surface area contributed by atoms with Crippen molar-refractivity contribution < 1.29 is 9.53 Å². The number of ether oxygens (including phenoxy) is 1. The zero-order valence-electron chi connectivity index (χ0n) is 13.0. The fourth-order valence-electron chi connectivity index (χ4n) is 2.21. The number of carbonyl (C=O) groups is 1. The highest BCUT2D eigenvalue weighted by molar-refractivity contribution is 5.88. The summed E-state index contributed by atoms with van der Waals surface area (Å²) < 4.78 is 5.23. The second-order valence-corrected chi connectivity index (χ2v) is 5.46. The maximum absolute atomic E-state index is 11.9. The average Bonchev–Trinajstić information content (AvgIpc) is 2.45. The SMILES string of the molecule is COc1ccc2cc(CN(C)C(=O)C=C(C)C)ccc2c1. The number of amides is 1. The van der Waals surface area contributed by atoms with Gasteiger partial charge in [0.05, 0.1) is 7.11 Å². The van der Waals surface area contributed by atoms with Gasteiger partial charge in [0.2, 0.25) is 5.91 Å². The van der Waals surface area contributed by atoms with Gasteiger partial charge < -0.3 is 9.64 Å². The first-order valence-electron chi connectivity index (χ1n) is 6.96. The van der Waals surface area contributed by atoms with Crippen molar-refractivity contribution in [1.29, 1.82) is 0 Å². The Morgan fingerprint density at radius 3 is 2.48 bits per heavy atom. The molecule has 3 heteroatoms. The Morgan fingerprint density at radius 2 is 1.81 bits per heavy atom. The molecular formula is C18H21NO2. The highest BCUT2D eigenvalue weighted by Gasteiger charge is 2.07. The van der Waals surface area contributed by atoms with Crippen LogP contribution in [0.25, 0.3) is 10.8 Å². The summed E-state index contributed by atoms with van der Waals surface area (Å²) in [5.74, 6) is 0.885. The molecule has 1 amide bonds. The maximum Gasteiger partial charge on any atom is 0.246 e. The molecule has 0 saturated carbocycles. The Bertz CT molecular complexity index is 685. The molecule has 0 bridgehead atoms. The van der Waals surface area contributed by atoms with E-state index >= 15 is 0 Å². The van der Waals surface area contributed by atoms with Crippen LogP contribution in [-0.4, -0.2) is 25.0 Å². The predicted octanol–water partition coefficient (Wildman–Crippen LogP) is 3.77. The predicted molar refractivity (Wildman–Crippen MR) is 86.4 cm³/mol. The summed E-state index contributed by atoms with van der Waals surface area (Å²) in [5, 5.41) is 2.28. The fourth-order valence-corrected chi connectivity index (χ4v) is 2.21. The number of methoxy groups -OCH3 is 1. The maximum atomic E-state index is 11.9. The van der Waals surface area contributed by atoms with E-state index in [9.17, 15) is 4.79 Å². The average molecular weight is 283 g/mol. The number of allylic oxidation sites excluding steroid dienone is 1. The first kappa shape index (κ1) is 15.1. The number of benzene rings is 2. The van der Waals surface area contributed by atoms with E-state index in [1.165, 1.54) is 0 Å². The van der Waals surface area contributed by atoms with Gasteiger partial charge in [-0.25, -0.2) is 0 Å². The molecule has 0 aliphatic carbocycles. The van der Waals surface area contributed by atoms with Gasteiger partial charge >= 0.3 is 0 Å². The largest absolute Gasteiger partial charge is 0.497 e. The summed E-state index contributed by atoms with van der Waals surface area (Å²) in [6, 6.07) is 12.2. The highest BCUT2D eigenvalue weighted by Crippen LogP contribution is 2.22. The topological polar surface area (TPSA) is 29.5 Å². The van der Waals surface area contributed by atoms with E-state index in [1.807, 2.05) is 45.2 Å². The van der Waals surface area contributed by atoms with Crippen LogP contribution < -0.4 is 4.74 Å². The van der Waals surface area contributed by atoms with E-state index in [-0.39, 0.29) is 5.91 Å². The smallest absolute Gasteiger partial charge is 0.246 e. The molecule has 0 aromatic heterocycles. The van der Waals surface area contributed by atoms with Crippen LogP contribution in [0.3, 0.4) is 0 Å². The third kappa shape index (κ3) is 3.85. The van der Waals surface area contributed by atoms with Gasteiger partial charge in [-0.1, -0.05) is 23.8 Å². The molecule has 0 N–H and O–H groups in total. The molecule has 3 nitrogen and oxygen atoms in total. The molecule has 0 atom stereocenters. The third-order valence-electron chi connectivity index (χ3n) is 3.32. The van der Waals surface area contributed by atoms with Crippen LogP contribution in [0, 0.1) is 0 Å². The number of likely N-dealkylation sites (N-methyl/N-ethyl adjacent to an activating group) is 1. The summed E-state index contributed by atoms with van der Waals surface area (Å²) >= 11 is 0. The number of hydrogen-bond acceptors (Lipinski definition) is 2. The Balaban J connectivity index is 2.19. The number of fused-ring (bicyclic) bond motifs is 1. The Hall–Kier alpha value is -2.29. The van der Waals surface area contributed by atoms with Gasteiger partial charge in [0, 0.05) is 19.7 Å².